The monoisotopic (exact) mass is 349 g/mol. The molecule has 0 atom stereocenters. The van der Waals surface area contributed by atoms with E-state index in [9.17, 15) is 13.5 Å². The van der Waals surface area contributed by atoms with Crippen LogP contribution in [-0.4, -0.2) is 49.9 Å². The SMILES string of the molecule is CN(CCS(=O)(=O)c1ccc(Br)cc1)C(C)(C)CO. The molecule has 0 saturated heterocycles. The first-order valence-electron chi connectivity index (χ1n) is 5.99. The minimum atomic E-state index is -3.28. The molecule has 0 unspecified atom stereocenters. The van der Waals surface area contributed by atoms with Crippen molar-refractivity contribution in [3.63, 3.8) is 0 Å². The Bertz CT molecular complexity index is 511. The van der Waals surface area contributed by atoms with Crippen molar-refractivity contribution in [1.29, 1.82) is 0 Å². The van der Waals surface area contributed by atoms with Crippen molar-refractivity contribution in [2.24, 2.45) is 0 Å². The molecule has 19 heavy (non-hydrogen) atoms. The molecule has 0 spiro atoms. The van der Waals surface area contributed by atoms with E-state index in [1.807, 2.05) is 25.8 Å². The smallest absolute Gasteiger partial charge is 0.179 e. The molecule has 0 aliphatic carbocycles. The Hall–Kier alpha value is -0.430. The maximum Gasteiger partial charge on any atom is 0.179 e. The lowest BCUT2D eigenvalue weighted by Crippen LogP contribution is -2.46. The molecule has 0 fully saturated rings. The summed E-state index contributed by atoms with van der Waals surface area (Å²) in [6.45, 7) is 4.12. The predicted octanol–water partition coefficient (Wildman–Crippen LogP) is 1.93. The lowest BCUT2D eigenvalue weighted by atomic mass is 10.1. The Morgan fingerprint density at radius 2 is 1.79 bits per heavy atom. The van der Waals surface area contributed by atoms with Gasteiger partial charge in [-0.3, -0.25) is 4.90 Å². The van der Waals surface area contributed by atoms with Crippen LogP contribution in [0.3, 0.4) is 0 Å². The third-order valence-electron chi connectivity index (χ3n) is 3.29. The normalized spacial score (nSPS) is 12.9. The third-order valence-corrected chi connectivity index (χ3v) is 5.53. The minimum absolute atomic E-state index is 0.0121. The van der Waals surface area contributed by atoms with Crippen molar-refractivity contribution in [1.82, 2.24) is 4.90 Å². The number of nitrogens with zero attached hydrogens (tertiary/aromatic N) is 1. The molecule has 0 aliphatic rings. The summed E-state index contributed by atoms with van der Waals surface area (Å²) in [6.07, 6.45) is 0. The standard InChI is InChI=1S/C13H20BrNO3S/c1-13(2,10-16)15(3)8-9-19(17,18)12-6-4-11(14)5-7-12/h4-7,16H,8-10H2,1-3H3. The van der Waals surface area contributed by atoms with Gasteiger partial charge in [-0.05, 0) is 45.2 Å². The van der Waals surface area contributed by atoms with E-state index in [0.717, 1.165) is 4.47 Å². The summed E-state index contributed by atoms with van der Waals surface area (Å²) in [5.41, 5.74) is -0.421. The number of aliphatic hydroxyl groups excluding tert-OH is 1. The average Bonchev–Trinajstić information content (AvgIpc) is 2.36. The number of sulfone groups is 1. The Morgan fingerprint density at radius 1 is 1.26 bits per heavy atom. The quantitative estimate of drug-likeness (QED) is 0.852. The summed E-state index contributed by atoms with van der Waals surface area (Å²) in [6, 6.07) is 6.62. The van der Waals surface area contributed by atoms with Crippen LogP contribution in [0.5, 0.6) is 0 Å². The Labute approximate surface area is 123 Å². The second-order valence-electron chi connectivity index (χ2n) is 5.16. The highest BCUT2D eigenvalue weighted by molar-refractivity contribution is 9.10. The molecular weight excluding hydrogens is 330 g/mol. The zero-order chi connectivity index (χ0) is 14.7. The first kappa shape index (κ1) is 16.6. The molecular formula is C13H20BrNO3S. The summed E-state index contributed by atoms with van der Waals surface area (Å²) in [5, 5.41) is 9.25. The van der Waals surface area contributed by atoms with E-state index < -0.39 is 15.4 Å². The van der Waals surface area contributed by atoms with E-state index in [-0.39, 0.29) is 12.4 Å². The number of aliphatic hydroxyl groups is 1. The van der Waals surface area contributed by atoms with Gasteiger partial charge in [0, 0.05) is 16.6 Å². The van der Waals surface area contributed by atoms with Crippen LogP contribution in [0.4, 0.5) is 0 Å². The molecule has 0 radical (unpaired) electrons. The van der Waals surface area contributed by atoms with Gasteiger partial charge < -0.3 is 5.11 Å². The number of halogens is 1. The van der Waals surface area contributed by atoms with Crippen LogP contribution in [0, 0.1) is 0 Å². The van der Waals surface area contributed by atoms with Crippen molar-refractivity contribution in [2.45, 2.75) is 24.3 Å². The average molecular weight is 350 g/mol. The van der Waals surface area contributed by atoms with E-state index in [1.54, 1.807) is 24.3 Å². The van der Waals surface area contributed by atoms with Gasteiger partial charge >= 0.3 is 0 Å². The first-order chi connectivity index (χ1) is 8.69. The molecule has 0 aromatic heterocycles. The molecule has 4 nitrogen and oxygen atoms in total. The van der Waals surface area contributed by atoms with E-state index in [4.69, 9.17) is 0 Å². The molecule has 0 aliphatic heterocycles. The Kier molecular flexibility index (Phi) is 5.55. The lowest BCUT2D eigenvalue weighted by molar-refractivity contribution is 0.0841. The molecule has 1 aromatic rings. The minimum Gasteiger partial charge on any atom is -0.394 e. The zero-order valence-electron chi connectivity index (χ0n) is 11.4. The zero-order valence-corrected chi connectivity index (χ0v) is 13.8. The van der Waals surface area contributed by atoms with Crippen molar-refractivity contribution in [3.8, 4) is 0 Å². The second-order valence-corrected chi connectivity index (χ2v) is 8.19. The van der Waals surface area contributed by atoms with Gasteiger partial charge in [-0.2, -0.15) is 0 Å². The number of hydrogen-bond acceptors (Lipinski definition) is 4. The van der Waals surface area contributed by atoms with Crippen LogP contribution >= 0.6 is 15.9 Å². The highest BCUT2D eigenvalue weighted by Crippen LogP contribution is 2.17. The number of likely N-dealkylation sites (N-methyl/N-ethyl adjacent to an activating group) is 1. The summed E-state index contributed by atoms with van der Waals surface area (Å²) in [5.74, 6) is 0.0363. The van der Waals surface area contributed by atoms with Crippen LogP contribution in [0.25, 0.3) is 0 Å². The summed E-state index contributed by atoms with van der Waals surface area (Å²) >= 11 is 3.28. The summed E-state index contributed by atoms with van der Waals surface area (Å²) < 4.78 is 25.2. The van der Waals surface area contributed by atoms with Crippen LogP contribution < -0.4 is 0 Å². The van der Waals surface area contributed by atoms with Gasteiger partial charge in [0.15, 0.2) is 9.84 Å². The number of benzene rings is 1. The van der Waals surface area contributed by atoms with E-state index >= 15 is 0 Å². The highest BCUT2D eigenvalue weighted by atomic mass is 79.9. The second kappa shape index (κ2) is 6.35. The van der Waals surface area contributed by atoms with E-state index in [2.05, 4.69) is 15.9 Å². The van der Waals surface area contributed by atoms with Crippen molar-refractivity contribution >= 4 is 25.8 Å². The fourth-order valence-corrected chi connectivity index (χ4v) is 3.01. The topological polar surface area (TPSA) is 57.6 Å². The summed E-state index contributed by atoms with van der Waals surface area (Å²) in [4.78, 5) is 2.18. The fourth-order valence-electron chi connectivity index (χ4n) is 1.44. The van der Waals surface area contributed by atoms with Gasteiger partial charge in [0.2, 0.25) is 0 Å². The molecule has 1 aromatic carbocycles. The predicted molar refractivity (Wildman–Crippen MR) is 80.0 cm³/mol. The van der Waals surface area contributed by atoms with Crippen molar-refractivity contribution in [2.75, 3.05) is 26.0 Å². The molecule has 108 valence electrons. The van der Waals surface area contributed by atoms with Crippen molar-refractivity contribution in [3.05, 3.63) is 28.7 Å². The van der Waals surface area contributed by atoms with Gasteiger partial charge in [-0.15, -0.1) is 0 Å². The number of rotatable bonds is 6. The van der Waals surface area contributed by atoms with Crippen LogP contribution in [0.1, 0.15) is 13.8 Å². The highest BCUT2D eigenvalue weighted by Gasteiger charge is 2.24. The molecule has 6 heteroatoms. The third kappa shape index (κ3) is 4.56. The molecule has 1 N–H and O–H groups in total. The van der Waals surface area contributed by atoms with Gasteiger partial charge in [0.05, 0.1) is 17.3 Å². The van der Waals surface area contributed by atoms with Crippen LogP contribution in [-0.2, 0) is 9.84 Å². The molecule has 0 saturated carbocycles. The van der Waals surface area contributed by atoms with Crippen LogP contribution in [0.2, 0.25) is 0 Å². The lowest BCUT2D eigenvalue weighted by Gasteiger charge is -2.33. The van der Waals surface area contributed by atoms with E-state index in [0.29, 0.717) is 11.4 Å². The maximum atomic E-state index is 12.2. The van der Waals surface area contributed by atoms with Gasteiger partial charge in [0.25, 0.3) is 0 Å². The molecule has 0 bridgehead atoms. The maximum absolute atomic E-state index is 12.2. The number of hydrogen-bond donors (Lipinski definition) is 1. The van der Waals surface area contributed by atoms with Crippen molar-refractivity contribution < 1.29 is 13.5 Å². The van der Waals surface area contributed by atoms with Gasteiger partial charge in [0.1, 0.15) is 0 Å². The van der Waals surface area contributed by atoms with Crippen LogP contribution in [0.15, 0.2) is 33.6 Å². The summed E-state index contributed by atoms with van der Waals surface area (Å²) in [7, 11) is -1.47. The van der Waals surface area contributed by atoms with Gasteiger partial charge in [-0.25, -0.2) is 8.42 Å². The first-order valence-corrected chi connectivity index (χ1v) is 8.44. The largest absolute Gasteiger partial charge is 0.394 e. The Balaban J connectivity index is 2.74. The molecule has 0 heterocycles. The Morgan fingerprint density at radius 3 is 2.26 bits per heavy atom. The van der Waals surface area contributed by atoms with Gasteiger partial charge in [-0.1, -0.05) is 15.9 Å². The molecule has 1 rings (SSSR count). The van der Waals surface area contributed by atoms with E-state index in [1.165, 1.54) is 0 Å². The molecule has 0 amide bonds. The fraction of sp³-hybridized carbons (Fsp3) is 0.538.